The zero-order valence-electron chi connectivity index (χ0n) is 11.4. The lowest BCUT2D eigenvalue weighted by molar-refractivity contribution is -0.389. The summed E-state index contributed by atoms with van der Waals surface area (Å²) >= 11 is 1.40. The molecule has 0 saturated carbocycles. The van der Waals surface area contributed by atoms with Crippen LogP contribution in [0, 0.1) is 10.1 Å². The Balaban J connectivity index is 1.85. The summed E-state index contributed by atoms with van der Waals surface area (Å²) in [5.74, 6) is 0.427. The first-order valence-electron chi connectivity index (χ1n) is 6.63. The minimum absolute atomic E-state index is 0.0350. The highest BCUT2D eigenvalue weighted by Gasteiger charge is 2.28. The fraction of sp³-hybridized carbons (Fsp3) is 0.583. The lowest BCUT2D eigenvalue weighted by atomic mass is 9.99. The van der Waals surface area contributed by atoms with Crippen molar-refractivity contribution in [3.63, 3.8) is 0 Å². The lowest BCUT2D eigenvalue weighted by Crippen LogP contribution is -2.42. The van der Waals surface area contributed by atoms with Crippen LogP contribution in [0.3, 0.4) is 0 Å². The van der Waals surface area contributed by atoms with Gasteiger partial charge in [-0.05, 0) is 31.7 Å². The number of piperidine rings is 1. The molecule has 1 aliphatic heterocycles. The van der Waals surface area contributed by atoms with Crippen molar-refractivity contribution in [2.75, 3.05) is 18.9 Å². The molecule has 2 unspecified atom stereocenters. The second kappa shape index (κ2) is 5.02. The van der Waals surface area contributed by atoms with Crippen molar-refractivity contribution in [3.8, 4) is 0 Å². The third-order valence-electron chi connectivity index (χ3n) is 3.96. The van der Waals surface area contributed by atoms with Gasteiger partial charge in [-0.3, -0.25) is 0 Å². The summed E-state index contributed by atoms with van der Waals surface area (Å²) in [6, 6.07) is 0.716. The van der Waals surface area contributed by atoms with Gasteiger partial charge in [0.15, 0.2) is 0 Å². The molecule has 0 spiro atoms. The van der Waals surface area contributed by atoms with Crippen molar-refractivity contribution in [2.45, 2.75) is 31.8 Å². The van der Waals surface area contributed by atoms with E-state index in [1.807, 2.05) is 0 Å². The number of likely N-dealkylation sites (tertiary alicyclic amines) is 1. The van der Waals surface area contributed by atoms with Gasteiger partial charge < -0.3 is 20.3 Å². The molecule has 2 aromatic rings. The minimum Gasteiger partial charge on any atom is -0.360 e. The van der Waals surface area contributed by atoms with Crippen LogP contribution in [0.4, 0.5) is 11.6 Å². The zero-order chi connectivity index (χ0) is 14.3. The molecule has 3 rings (SSSR count). The van der Waals surface area contributed by atoms with Crippen LogP contribution in [0.25, 0.3) is 4.96 Å². The third-order valence-corrected chi connectivity index (χ3v) is 4.72. The number of fused-ring (bicyclic) bond motifs is 1. The summed E-state index contributed by atoms with van der Waals surface area (Å²) in [6.07, 6.45) is 3.63. The van der Waals surface area contributed by atoms with Gasteiger partial charge >= 0.3 is 5.82 Å². The number of anilines is 1. The topological polar surface area (TPSA) is 75.7 Å². The molecule has 3 heterocycles. The van der Waals surface area contributed by atoms with Gasteiger partial charge in [0, 0.05) is 24.0 Å². The van der Waals surface area contributed by atoms with Crippen molar-refractivity contribution in [3.05, 3.63) is 21.7 Å². The van der Waals surface area contributed by atoms with Gasteiger partial charge in [-0.25, -0.2) is 0 Å². The third kappa shape index (κ3) is 2.25. The van der Waals surface area contributed by atoms with Crippen LogP contribution in [-0.2, 0) is 0 Å². The van der Waals surface area contributed by atoms with Gasteiger partial charge in [0.25, 0.3) is 4.96 Å². The molecule has 2 atom stereocenters. The maximum atomic E-state index is 11.3. The fourth-order valence-corrected chi connectivity index (χ4v) is 3.37. The Kier molecular flexibility index (Phi) is 3.35. The van der Waals surface area contributed by atoms with E-state index >= 15 is 0 Å². The van der Waals surface area contributed by atoms with Crippen LogP contribution in [-0.4, -0.2) is 44.9 Å². The van der Waals surface area contributed by atoms with E-state index in [9.17, 15) is 10.1 Å². The Morgan fingerprint density at radius 2 is 2.40 bits per heavy atom. The number of rotatable bonds is 3. The van der Waals surface area contributed by atoms with Crippen LogP contribution >= 0.6 is 11.3 Å². The minimum atomic E-state index is -0.368. The highest BCUT2D eigenvalue weighted by molar-refractivity contribution is 7.15. The van der Waals surface area contributed by atoms with Gasteiger partial charge in [-0.15, -0.1) is 0 Å². The molecule has 1 saturated heterocycles. The van der Waals surface area contributed by atoms with Crippen molar-refractivity contribution >= 4 is 27.9 Å². The van der Waals surface area contributed by atoms with Crippen molar-refractivity contribution in [1.82, 2.24) is 14.3 Å². The predicted octanol–water partition coefficient (Wildman–Crippen LogP) is 2.20. The summed E-state index contributed by atoms with van der Waals surface area (Å²) in [4.78, 5) is 18.2. The van der Waals surface area contributed by atoms with Crippen molar-refractivity contribution in [2.24, 2.45) is 0 Å². The van der Waals surface area contributed by atoms with Gasteiger partial charge in [0.05, 0.1) is 0 Å². The summed E-state index contributed by atoms with van der Waals surface area (Å²) < 4.78 is 1.53. The number of nitrogens with zero attached hydrogens (tertiary/aromatic N) is 4. The Morgan fingerprint density at radius 1 is 1.60 bits per heavy atom. The smallest absolute Gasteiger partial charge is 0.360 e. The second-order valence-electron chi connectivity index (χ2n) is 5.29. The van der Waals surface area contributed by atoms with Crippen LogP contribution in [0.5, 0.6) is 0 Å². The molecular weight excluding hydrogens is 278 g/mol. The molecular formula is C12H17N5O2S. The molecule has 20 heavy (non-hydrogen) atoms. The molecule has 1 N–H and O–H groups in total. The molecule has 108 valence electrons. The quantitative estimate of drug-likeness (QED) is 0.694. The maximum absolute atomic E-state index is 11.3. The number of hydrogen-bond acceptors (Lipinski definition) is 6. The van der Waals surface area contributed by atoms with E-state index in [1.54, 1.807) is 11.6 Å². The average molecular weight is 295 g/mol. The molecule has 1 aliphatic rings. The number of hydrogen-bond donors (Lipinski definition) is 1. The van der Waals surface area contributed by atoms with Crippen LogP contribution in [0.1, 0.15) is 19.8 Å². The van der Waals surface area contributed by atoms with E-state index in [2.05, 4.69) is 29.2 Å². The number of thiazole rings is 1. The summed E-state index contributed by atoms with van der Waals surface area (Å²) in [5.41, 5.74) is 0. The maximum Gasteiger partial charge on any atom is 0.372 e. The molecule has 0 aromatic carbocycles. The number of nitro groups is 1. The Morgan fingerprint density at radius 3 is 3.10 bits per heavy atom. The van der Waals surface area contributed by atoms with Gasteiger partial charge in [-0.2, -0.15) is 9.38 Å². The molecule has 2 aromatic heterocycles. The van der Waals surface area contributed by atoms with E-state index in [-0.39, 0.29) is 16.8 Å². The van der Waals surface area contributed by atoms with Gasteiger partial charge in [0.2, 0.25) is 5.82 Å². The first kappa shape index (κ1) is 13.3. The zero-order valence-corrected chi connectivity index (χ0v) is 12.3. The molecule has 0 bridgehead atoms. The highest BCUT2D eigenvalue weighted by Crippen LogP contribution is 2.30. The summed E-state index contributed by atoms with van der Waals surface area (Å²) in [6.45, 7) is 3.17. The standard InChI is InChI=1S/C12H17N5O2S/c1-8-7-9(3-4-15(8)2)13-10-11(17(18)19)16-5-6-20-12(16)14-10/h5-6,8-9,13H,3-4,7H2,1-2H3. The van der Waals surface area contributed by atoms with Crippen LogP contribution < -0.4 is 5.32 Å². The van der Waals surface area contributed by atoms with Crippen LogP contribution in [0.15, 0.2) is 11.6 Å². The SMILES string of the molecule is CC1CC(Nc2nc3sccn3c2[N+](=O)[O-])CCN1C. The van der Waals surface area contributed by atoms with Gasteiger partial charge in [0.1, 0.15) is 6.20 Å². The first-order valence-corrected chi connectivity index (χ1v) is 7.51. The predicted molar refractivity (Wildman–Crippen MR) is 78.5 cm³/mol. The molecule has 8 heteroatoms. The van der Waals surface area contributed by atoms with E-state index in [4.69, 9.17) is 0 Å². The van der Waals surface area contributed by atoms with Gasteiger partial charge in [-0.1, -0.05) is 11.3 Å². The molecule has 0 radical (unpaired) electrons. The van der Waals surface area contributed by atoms with E-state index in [0.29, 0.717) is 16.8 Å². The second-order valence-corrected chi connectivity index (χ2v) is 6.16. The monoisotopic (exact) mass is 295 g/mol. The Labute approximate surface area is 120 Å². The Hall–Kier alpha value is -1.67. The van der Waals surface area contributed by atoms with Crippen molar-refractivity contribution < 1.29 is 4.92 Å². The normalized spacial score (nSPS) is 24.1. The number of nitrogens with one attached hydrogen (secondary N) is 1. The van der Waals surface area contributed by atoms with E-state index in [0.717, 1.165) is 19.4 Å². The summed E-state index contributed by atoms with van der Waals surface area (Å²) in [7, 11) is 2.11. The molecule has 0 amide bonds. The average Bonchev–Trinajstić information content (AvgIpc) is 2.93. The number of imidazole rings is 1. The van der Waals surface area contributed by atoms with E-state index < -0.39 is 0 Å². The molecule has 7 nitrogen and oxygen atoms in total. The lowest BCUT2D eigenvalue weighted by Gasteiger charge is -2.35. The van der Waals surface area contributed by atoms with Crippen molar-refractivity contribution in [1.29, 1.82) is 0 Å². The highest BCUT2D eigenvalue weighted by atomic mass is 32.1. The molecule has 0 aliphatic carbocycles. The summed E-state index contributed by atoms with van der Waals surface area (Å²) in [5, 5.41) is 16.3. The molecule has 1 fully saturated rings. The Bertz CT molecular complexity index is 637. The van der Waals surface area contributed by atoms with E-state index in [1.165, 1.54) is 15.7 Å². The largest absolute Gasteiger partial charge is 0.372 e. The number of aromatic nitrogens is 2. The fourth-order valence-electron chi connectivity index (χ4n) is 2.66. The first-order chi connectivity index (χ1) is 9.56. The van der Waals surface area contributed by atoms with Crippen LogP contribution in [0.2, 0.25) is 0 Å².